The molecule has 3 rings (SSSR count). The molecule has 8 heteroatoms. The first-order valence-corrected chi connectivity index (χ1v) is 12.0. The molecule has 0 aliphatic carbocycles. The Morgan fingerprint density at radius 3 is 1.07 bits per heavy atom. The fraction of sp³-hybridized carbons (Fsp3) is 0.700. The maximum Gasteiger partial charge on any atom is 0.495 e. The van der Waals surface area contributed by atoms with Crippen LogP contribution in [0.15, 0.2) is 12.1 Å². The summed E-state index contributed by atoms with van der Waals surface area (Å²) in [5, 5.41) is 1.39. The molecule has 0 unspecified atom stereocenters. The zero-order valence-electron chi connectivity index (χ0n) is 18.1. The predicted octanol–water partition coefficient (Wildman–Crippen LogP) is 4.07. The van der Waals surface area contributed by atoms with E-state index in [9.17, 15) is 0 Å². The average Bonchev–Trinajstić information content (AvgIpc) is 2.93. The van der Waals surface area contributed by atoms with E-state index in [2.05, 4.69) is 99.4 Å². The minimum absolute atomic E-state index is 0.375. The molecule has 1 aromatic carbocycles. The highest BCUT2D eigenvalue weighted by Gasteiger charge is 2.54. The number of hydrogen-bond acceptors (Lipinski definition) is 4. The van der Waals surface area contributed by atoms with Crippen LogP contribution in [0.25, 0.3) is 0 Å². The summed E-state index contributed by atoms with van der Waals surface area (Å²) in [6, 6.07) is 4.32. The zero-order valence-corrected chi connectivity index (χ0v) is 21.3. The summed E-state index contributed by atoms with van der Waals surface area (Å²) in [6.07, 6.45) is 0. The van der Waals surface area contributed by atoms with E-state index < -0.39 is 14.2 Å². The fourth-order valence-corrected chi connectivity index (χ4v) is 4.31. The lowest BCUT2D eigenvalue weighted by atomic mass is 9.69. The van der Waals surface area contributed by atoms with Gasteiger partial charge in [-0.2, -0.15) is 0 Å². The lowest BCUT2D eigenvalue weighted by molar-refractivity contribution is 0.00578. The largest absolute Gasteiger partial charge is 0.495 e. The molecule has 0 bridgehead atoms. The SMILES string of the molecule is CC1(C)OB(c2cc(CBr)c(B3OC(C)(C)C(C)(C)O3)cc2CBr)OC1(C)C. The summed E-state index contributed by atoms with van der Waals surface area (Å²) >= 11 is 7.28. The van der Waals surface area contributed by atoms with Crippen LogP contribution in [0, 0.1) is 0 Å². The third kappa shape index (κ3) is 3.78. The van der Waals surface area contributed by atoms with Crippen molar-refractivity contribution in [3.8, 4) is 0 Å². The minimum atomic E-state index is -0.400. The standard InChI is InChI=1S/C20H30B2Br2O4/c1-17(2)18(3,4)26-21(25-17)15-9-14(12-24)16(10-13(15)11-23)22-27-19(5,6)20(7,8)28-22/h9-10H,11-12H2,1-8H3. The highest BCUT2D eigenvalue weighted by atomic mass is 79.9. The van der Waals surface area contributed by atoms with E-state index in [-0.39, 0.29) is 22.4 Å². The normalized spacial score (nSPS) is 24.8. The molecule has 0 aromatic heterocycles. The topological polar surface area (TPSA) is 36.9 Å². The van der Waals surface area contributed by atoms with Crippen molar-refractivity contribution in [2.75, 3.05) is 0 Å². The van der Waals surface area contributed by atoms with Gasteiger partial charge < -0.3 is 18.6 Å². The van der Waals surface area contributed by atoms with Crippen LogP contribution in [0.5, 0.6) is 0 Å². The third-order valence-corrected chi connectivity index (χ3v) is 7.91. The van der Waals surface area contributed by atoms with Crippen molar-refractivity contribution in [1.29, 1.82) is 0 Å². The van der Waals surface area contributed by atoms with Crippen LogP contribution in [0.3, 0.4) is 0 Å². The molecule has 2 aliphatic heterocycles. The summed E-state index contributed by atoms with van der Waals surface area (Å²) in [5.41, 5.74) is 2.83. The molecule has 0 saturated carbocycles. The van der Waals surface area contributed by atoms with E-state index >= 15 is 0 Å². The highest BCUT2D eigenvalue weighted by molar-refractivity contribution is 9.08. The van der Waals surface area contributed by atoms with Crippen LogP contribution < -0.4 is 10.9 Å². The van der Waals surface area contributed by atoms with Crippen LogP contribution >= 0.6 is 31.9 Å². The summed E-state index contributed by atoms with van der Waals surface area (Å²) < 4.78 is 25.2. The van der Waals surface area contributed by atoms with Gasteiger partial charge in [0.1, 0.15) is 0 Å². The van der Waals surface area contributed by atoms with Gasteiger partial charge in [0.25, 0.3) is 0 Å². The number of rotatable bonds is 4. The molecule has 0 N–H and O–H groups in total. The lowest BCUT2D eigenvalue weighted by Gasteiger charge is -2.32. The van der Waals surface area contributed by atoms with E-state index in [0.717, 1.165) is 22.1 Å². The summed E-state index contributed by atoms with van der Waals surface area (Å²) in [4.78, 5) is 0. The lowest BCUT2D eigenvalue weighted by Crippen LogP contribution is -2.42. The average molecular weight is 516 g/mol. The number of halogens is 2. The minimum Gasteiger partial charge on any atom is -0.399 e. The molecule has 0 spiro atoms. The smallest absolute Gasteiger partial charge is 0.399 e. The van der Waals surface area contributed by atoms with Crippen molar-refractivity contribution in [2.45, 2.75) is 88.5 Å². The van der Waals surface area contributed by atoms with E-state index in [4.69, 9.17) is 18.6 Å². The molecule has 2 saturated heterocycles. The summed E-state index contributed by atoms with van der Waals surface area (Å²) in [5.74, 6) is 0. The molecular formula is C20H30B2Br2O4. The maximum atomic E-state index is 6.30. The van der Waals surface area contributed by atoms with Crippen LogP contribution in [0.1, 0.15) is 66.5 Å². The molecular weight excluding hydrogens is 486 g/mol. The Kier molecular flexibility index (Phi) is 6.02. The van der Waals surface area contributed by atoms with Gasteiger partial charge in [0.15, 0.2) is 0 Å². The van der Waals surface area contributed by atoms with E-state index in [1.54, 1.807) is 0 Å². The first kappa shape index (κ1) is 22.8. The van der Waals surface area contributed by atoms with Crippen molar-refractivity contribution in [2.24, 2.45) is 0 Å². The Bertz CT molecular complexity index is 669. The van der Waals surface area contributed by atoms with Gasteiger partial charge in [0, 0.05) is 10.7 Å². The second-order valence-corrected chi connectivity index (χ2v) is 10.8. The van der Waals surface area contributed by atoms with Gasteiger partial charge in [-0.25, -0.2) is 0 Å². The van der Waals surface area contributed by atoms with Gasteiger partial charge >= 0.3 is 14.2 Å². The van der Waals surface area contributed by atoms with Crippen molar-refractivity contribution in [1.82, 2.24) is 0 Å². The fourth-order valence-electron chi connectivity index (χ4n) is 3.34. The van der Waals surface area contributed by atoms with Gasteiger partial charge in [0.05, 0.1) is 22.4 Å². The molecule has 2 fully saturated rings. The first-order valence-electron chi connectivity index (χ1n) is 9.73. The number of benzene rings is 1. The Balaban J connectivity index is 2.01. The molecule has 1 aromatic rings. The second kappa shape index (κ2) is 7.38. The van der Waals surface area contributed by atoms with Crippen molar-refractivity contribution in [3.63, 3.8) is 0 Å². The van der Waals surface area contributed by atoms with Gasteiger partial charge in [-0.05, 0) is 77.4 Å². The van der Waals surface area contributed by atoms with Crippen LogP contribution in [-0.2, 0) is 29.3 Å². The Hall–Kier alpha value is 0.150. The molecule has 2 heterocycles. The number of alkyl halides is 2. The van der Waals surface area contributed by atoms with E-state index in [0.29, 0.717) is 10.7 Å². The van der Waals surface area contributed by atoms with Crippen LogP contribution in [-0.4, -0.2) is 36.6 Å². The molecule has 154 valence electrons. The van der Waals surface area contributed by atoms with Gasteiger partial charge in [-0.1, -0.05) is 44.0 Å². The monoisotopic (exact) mass is 514 g/mol. The predicted molar refractivity (Wildman–Crippen MR) is 123 cm³/mol. The molecule has 0 amide bonds. The number of hydrogen-bond donors (Lipinski definition) is 0. The van der Waals surface area contributed by atoms with Crippen LogP contribution in [0.4, 0.5) is 0 Å². The summed E-state index contributed by atoms with van der Waals surface area (Å²) in [6.45, 7) is 16.6. The molecule has 0 atom stereocenters. The van der Waals surface area contributed by atoms with Crippen LogP contribution in [0.2, 0.25) is 0 Å². The molecule has 28 heavy (non-hydrogen) atoms. The van der Waals surface area contributed by atoms with Crippen molar-refractivity contribution in [3.05, 3.63) is 23.3 Å². The molecule has 2 aliphatic rings. The molecule has 0 radical (unpaired) electrons. The Labute approximate surface area is 187 Å². The van der Waals surface area contributed by atoms with E-state index in [1.807, 2.05) is 0 Å². The highest BCUT2D eigenvalue weighted by Crippen LogP contribution is 2.38. The Morgan fingerprint density at radius 2 is 0.857 bits per heavy atom. The van der Waals surface area contributed by atoms with Gasteiger partial charge in [0.2, 0.25) is 0 Å². The van der Waals surface area contributed by atoms with E-state index in [1.165, 1.54) is 0 Å². The van der Waals surface area contributed by atoms with Crippen molar-refractivity contribution >= 4 is 57.0 Å². The van der Waals surface area contributed by atoms with Crippen molar-refractivity contribution < 1.29 is 18.6 Å². The first-order chi connectivity index (χ1) is 12.7. The second-order valence-electron chi connectivity index (χ2n) is 9.69. The Morgan fingerprint density at radius 1 is 0.607 bits per heavy atom. The van der Waals surface area contributed by atoms with Gasteiger partial charge in [-0.3, -0.25) is 0 Å². The zero-order chi connectivity index (χ0) is 21.1. The molecule has 4 nitrogen and oxygen atoms in total. The summed E-state index contributed by atoms with van der Waals surface area (Å²) in [7, 11) is -0.801. The maximum absolute atomic E-state index is 6.30. The quantitative estimate of drug-likeness (QED) is 0.447. The third-order valence-electron chi connectivity index (χ3n) is 6.70. The van der Waals surface area contributed by atoms with Gasteiger partial charge in [-0.15, -0.1) is 0 Å².